The molecule has 15 heteroatoms. The molecule has 6 atom stereocenters. The standard InChI is InChI=1S/C27H27N6O8P/c28-15-27(22-12-11-20-25(29)30-16-31-33(20)22)24(35)23(34)21(40-27)14-39-42(38,41-18-9-5-2-6-10-18)32-19(26(36)37)13-17-7-3-1-4-8-17/h1-12,16,19,21,23-24,34-35H,13-14H2,(H,32,38)(H,36,37)(H2,29,30,31)/t19-,21+,23+,24+,27-,42?/m0/s1. The molecule has 0 saturated carbocycles. The van der Waals surface area contributed by atoms with Crippen LogP contribution in [0.25, 0.3) is 5.52 Å². The van der Waals surface area contributed by atoms with Crippen molar-refractivity contribution in [2.45, 2.75) is 36.4 Å². The van der Waals surface area contributed by atoms with E-state index in [4.69, 9.17) is 19.5 Å². The van der Waals surface area contributed by atoms with Gasteiger partial charge in [-0.3, -0.25) is 9.32 Å². The highest BCUT2D eigenvalue weighted by molar-refractivity contribution is 7.52. The largest absolute Gasteiger partial charge is 0.480 e. The van der Waals surface area contributed by atoms with E-state index in [1.54, 1.807) is 48.5 Å². The first-order valence-electron chi connectivity index (χ1n) is 12.7. The van der Waals surface area contributed by atoms with Gasteiger partial charge in [0.05, 0.1) is 12.3 Å². The lowest BCUT2D eigenvalue weighted by Crippen LogP contribution is -2.41. The van der Waals surface area contributed by atoms with E-state index < -0.39 is 50.3 Å². The maximum Gasteiger partial charge on any atom is 0.459 e. The summed E-state index contributed by atoms with van der Waals surface area (Å²) in [5.74, 6) is -1.07. The van der Waals surface area contributed by atoms with Crippen molar-refractivity contribution >= 4 is 25.1 Å². The number of nitrogens with one attached hydrogen (secondary N) is 1. The lowest BCUT2D eigenvalue weighted by Gasteiger charge is -2.26. The Morgan fingerprint density at radius 3 is 2.52 bits per heavy atom. The molecule has 1 aliphatic heterocycles. The maximum absolute atomic E-state index is 14.0. The van der Waals surface area contributed by atoms with E-state index >= 15 is 0 Å². The molecule has 6 N–H and O–H groups in total. The molecule has 1 saturated heterocycles. The van der Waals surface area contributed by atoms with Gasteiger partial charge < -0.3 is 30.3 Å². The lowest BCUT2D eigenvalue weighted by molar-refractivity contribution is -0.139. The molecular formula is C27H27N6O8P. The van der Waals surface area contributed by atoms with Crippen LogP contribution >= 0.6 is 7.75 Å². The number of aliphatic carboxylic acids is 1. The smallest absolute Gasteiger partial charge is 0.459 e. The average Bonchev–Trinajstić information content (AvgIpc) is 3.53. The van der Waals surface area contributed by atoms with Crippen molar-refractivity contribution in [3.05, 3.63) is 90.4 Å². The van der Waals surface area contributed by atoms with E-state index in [0.29, 0.717) is 11.1 Å². The molecule has 0 spiro atoms. The number of hydrogen-bond acceptors (Lipinski definition) is 11. The second-order valence-electron chi connectivity index (χ2n) is 9.51. The molecule has 2 aromatic heterocycles. The average molecular weight is 595 g/mol. The summed E-state index contributed by atoms with van der Waals surface area (Å²) in [6.07, 6.45) is -3.74. The summed E-state index contributed by atoms with van der Waals surface area (Å²) in [6, 6.07) is 20.2. The van der Waals surface area contributed by atoms with E-state index in [1.165, 1.54) is 28.8 Å². The number of aliphatic hydroxyl groups is 2. The molecule has 14 nitrogen and oxygen atoms in total. The summed E-state index contributed by atoms with van der Waals surface area (Å²) >= 11 is 0. The molecular weight excluding hydrogens is 567 g/mol. The van der Waals surface area contributed by atoms with E-state index in [9.17, 15) is 29.9 Å². The van der Waals surface area contributed by atoms with Gasteiger partial charge in [-0.05, 0) is 36.2 Å². The number of ether oxygens (including phenoxy) is 1. The topological polar surface area (TPSA) is 215 Å². The number of nitrogen functional groups attached to an aromatic ring is 1. The van der Waals surface area contributed by atoms with Crippen molar-refractivity contribution in [3.63, 3.8) is 0 Å². The summed E-state index contributed by atoms with van der Waals surface area (Å²) in [4.78, 5) is 16.0. The minimum absolute atomic E-state index is 0.0489. The SMILES string of the molecule is N#C[C@@]1(c2ccc3c(N)ncnn23)O[C@H](COP(=O)(N[C@@H](Cc2ccccc2)C(=O)O)Oc2ccccc2)[C@@H](O)[C@H]1O. The number of anilines is 1. The number of fused-ring (bicyclic) bond motifs is 1. The van der Waals surface area contributed by atoms with E-state index in [0.717, 1.165) is 6.33 Å². The van der Waals surface area contributed by atoms with Gasteiger partial charge in [-0.15, -0.1) is 0 Å². The number of carbonyl (C=O) groups is 1. The first-order valence-corrected chi connectivity index (χ1v) is 14.3. The minimum atomic E-state index is -4.47. The molecule has 1 fully saturated rings. The molecule has 0 amide bonds. The number of carboxylic acids is 1. The summed E-state index contributed by atoms with van der Waals surface area (Å²) in [7, 11) is -4.47. The van der Waals surface area contributed by atoms with Crippen LogP contribution in [0.2, 0.25) is 0 Å². The van der Waals surface area contributed by atoms with Crippen LogP contribution in [0.5, 0.6) is 5.75 Å². The van der Waals surface area contributed by atoms with Crippen LogP contribution in [0, 0.1) is 11.3 Å². The highest BCUT2D eigenvalue weighted by Gasteiger charge is 2.58. The van der Waals surface area contributed by atoms with Gasteiger partial charge in [0.15, 0.2) is 5.82 Å². The van der Waals surface area contributed by atoms with Crippen LogP contribution in [-0.2, 0) is 30.6 Å². The molecule has 3 heterocycles. The molecule has 0 bridgehead atoms. The molecule has 0 radical (unpaired) electrons. The Hall–Kier alpha value is -4.35. The number of nitrogens with zero attached hydrogens (tertiary/aromatic N) is 4. The van der Waals surface area contributed by atoms with E-state index in [-0.39, 0.29) is 23.7 Å². The van der Waals surface area contributed by atoms with Crippen LogP contribution in [0.3, 0.4) is 0 Å². The van der Waals surface area contributed by atoms with Crippen molar-refractivity contribution in [3.8, 4) is 11.8 Å². The Kier molecular flexibility index (Phi) is 8.24. The monoisotopic (exact) mass is 594 g/mol. The van der Waals surface area contributed by atoms with Crippen molar-refractivity contribution in [1.29, 1.82) is 5.26 Å². The zero-order chi connectivity index (χ0) is 29.9. The Morgan fingerprint density at radius 1 is 1.17 bits per heavy atom. The van der Waals surface area contributed by atoms with Crippen LogP contribution in [0.4, 0.5) is 5.82 Å². The number of aliphatic hydroxyl groups excluding tert-OH is 2. The van der Waals surface area contributed by atoms with Crippen LogP contribution < -0.4 is 15.3 Å². The van der Waals surface area contributed by atoms with Crippen LogP contribution in [0.1, 0.15) is 11.3 Å². The Labute approximate surface area is 239 Å². The highest BCUT2D eigenvalue weighted by Crippen LogP contribution is 2.47. The number of hydrogen-bond donors (Lipinski definition) is 5. The van der Waals surface area contributed by atoms with Crippen molar-refractivity contribution < 1.29 is 38.5 Å². The number of rotatable bonds is 11. The van der Waals surface area contributed by atoms with Gasteiger partial charge in [0, 0.05) is 0 Å². The summed E-state index contributed by atoms with van der Waals surface area (Å²) in [5.41, 5.74) is 4.84. The predicted molar refractivity (Wildman–Crippen MR) is 147 cm³/mol. The Balaban J connectivity index is 1.40. The van der Waals surface area contributed by atoms with Crippen molar-refractivity contribution in [1.82, 2.24) is 19.7 Å². The first-order chi connectivity index (χ1) is 20.2. The number of carboxylic acid groups (broad SMARTS) is 1. The Morgan fingerprint density at radius 2 is 1.86 bits per heavy atom. The second-order valence-corrected chi connectivity index (χ2v) is 11.2. The molecule has 42 heavy (non-hydrogen) atoms. The molecule has 218 valence electrons. The number of nitriles is 1. The Bertz CT molecular complexity index is 1650. The van der Waals surface area contributed by atoms with Gasteiger partial charge in [0.1, 0.15) is 48.0 Å². The predicted octanol–water partition coefficient (Wildman–Crippen LogP) is 1.64. The van der Waals surface area contributed by atoms with E-state index in [2.05, 4.69) is 15.2 Å². The maximum atomic E-state index is 14.0. The van der Waals surface area contributed by atoms with Crippen molar-refractivity contribution in [2.24, 2.45) is 0 Å². The fourth-order valence-electron chi connectivity index (χ4n) is 4.66. The summed E-state index contributed by atoms with van der Waals surface area (Å²) in [5, 5.41) is 48.5. The normalized spacial score (nSPS) is 24.1. The van der Waals surface area contributed by atoms with Crippen LogP contribution in [0.15, 0.2) is 79.1 Å². The number of benzene rings is 2. The highest BCUT2D eigenvalue weighted by atomic mass is 31.2. The van der Waals surface area contributed by atoms with Gasteiger partial charge in [-0.1, -0.05) is 48.5 Å². The molecule has 1 aliphatic rings. The number of aromatic nitrogens is 3. The van der Waals surface area contributed by atoms with Gasteiger partial charge in [-0.2, -0.15) is 15.4 Å². The third kappa shape index (κ3) is 5.70. The third-order valence-corrected chi connectivity index (χ3v) is 8.33. The van der Waals surface area contributed by atoms with Gasteiger partial charge in [0.2, 0.25) is 5.60 Å². The fraction of sp³-hybridized carbons (Fsp3) is 0.259. The number of nitrogens with two attached hydrogens (primary N) is 1. The first kappa shape index (κ1) is 29.2. The summed E-state index contributed by atoms with van der Waals surface area (Å²) in [6.45, 7) is -0.656. The molecule has 2 aromatic carbocycles. The molecule has 0 aliphatic carbocycles. The third-order valence-electron chi connectivity index (χ3n) is 6.76. The van der Waals surface area contributed by atoms with Gasteiger partial charge >= 0.3 is 13.7 Å². The van der Waals surface area contributed by atoms with Gasteiger partial charge in [0.25, 0.3) is 0 Å². The zero-order valence-electron chi connectivity index (χ0n) is 21.9. The van der Waals surface area contributed by atoms with E-state index in [1.807, 2.05) is 6.07 Å². The molecule has 1 unspecified atom stereocenters. The van der Waals surface area contributed by atoms with Gasteiger partial charge in [-0.25, -0.2) is 14.1 Å². The second kappa shape index (κ2) is 11.9. The van der Waals surface area contributed by atoms with Crippen molar-refractivity contribution in [2.75, 3.05) is 12.3 Å². The fourth-order valence-corrected chi connectivity index (χ4v) is 6.17. The lowest BCUT2D eigenvalue weighted by atomic mass is 9.92. The van der Waals surface area contributed by atoms with Crippen LogP contribution in [-0.4, -0.2) is 66.8 Å². The number of para-hydroxylation sites is 1. The minimum Gasteiger partial charge on any atom is -0.480 e. The zero-order valence-corrected chi connectivity index (χ0v) is 22.8. The quantitative estimate of drug-likeness (QED) is 0.156. The summed E-state index contributed by atoms with van der Waals surface area (Å²) < 4.78 is 32.4. The molecule has 5 rings (SSSR count). The molecule has 4 aromatic rings.